The number of allylic oxidation sites excluding steroid dienone is 1. The van der Waals surface area contributed by atoms with Gasteiger partial charge in [0, 0.05) is 12.1 Å². The molecule has 0 saturated carbocycles. The highest BCUT2D eigenvalue weighted by Crippen LogP contribution is 2.36. The summed E-state index contributed by atoms with van der Waals surface area (Å²) in [5.41, 5.74) is 5.24. The zero-order valence-corrected chi connectivity index (χ0v) is 14.3. The average molecular weight is 321 g/mol. The average Bonchev–Trinajstić information content (AvgIpc) is 2.93. The molecule has 0 unspecified atom stereocenters. The van der Waals surface area contributed by atoms with Crippen molar-refractivity contribution in [1.29, 1.82) is 0 Å². The summed E-state index contributed by atoms with van der Waals surface area (Å²) in [5.74, 6) is 0.922. The number of fused-ring (bicyclic) bond motifs is 1. The maximum atomic E-state index is 13.0. The third-order valence-corrected chi connectivity index (χ3v) is 4.66. The molecule has 0 aliphatic carbocycles. The van der Waals surface area contributed by atoms with Crippen LogP contribution in [0.3, 0.4) is 0 Å². The zero-order chi connectivity index (χ0) is 17.1. The van der Waals surface area contributed by atoms with Crippen LogP contribution in [0.4, 0.5) is 0 Å². The van der Waals surface area contributed by atoms with Crippen molar-refractivity contribution in [2.24, 2.45) is 0 Å². The minimum Gasteiger partial charge on any atom is -0.496 e. The van der Waals surface area contributed by atoms with E-state index in [1.807, 2.05) is 42.2 Å². The number of ether oxygens (including phenoxy) is 1. The number of aryl methyl sites for hydroxylation is 1. The van der Waals surface area contributed by atoms with Gasteiger partial charge in [-0.15, -0.1) is 6.58 Å². The number of rotatable bonds is 6. The molecule has 0 spiro atoms. The molecule has 0 saturated heterocycles. The number of nitrogens with zero attached hydrogens (tertiary/aromatic N) is 1. The molecule has 24 heavy (non-hydrogen) atoms. The van der Waals surface area contributed by atoms with Gasteiger partial charge in [0.2, 0.25) is 0 Å². The highest BCUT2D eigenvalue weighted by atomic mass is 16.5. The van der Waals surface area contributed by atoms with Crippen LogP contribution in [-0.2, 0) is 19.4 Å². The van der Waals surface area contributed by atoms with E-state index in [2.05, 4.69) is 18.7 Å². The Labute approximate surface area is 143 Å². The van der Waals surface area contributed by atoms with Gasteiger partial charge >= 0.3 is 0 Å². The minimum atomic E-state index is 0.111. The van der Waals surface area contributed by atoms with E-state index in [0.717, 1.165) is 34.4 Å². The Balaban J connectivity index is 1.88. The zero-order valence-electron chi connectivity index (χ0n) is 14.3. The monoisotopic (exact) mass is 321 g/mol. The Morgan fingerprint density at radius 1 is 1.29 bits per heavy atom. The second-order valence-corrected chi connectivity index (χ2v) is 6.18. The lowest BCUT2D eigenvalue weighted by Gasteiger charge is -2.15. The van der Waals surface area contributed by atoms with E-state index in [-0.39, 0.29) is 5.91 Å². The molecule has 2 aromatic rings. The summed E-state index contributed by atoms with van der Waals surface area (Å²) in [7, 11) is 1.67. The molecule has 0 aromatic heterocycles. The van der Waals surface area contributed by atoms with Gasteiger partial charge in [-0.3, -0.25) is 4.79 Å². The van der Waals surface area contributed by atoms with Gasteiger partial charge in [-0.2, -0.15) is 0 Å². The summed E-state index contributed by atoms with van der Waals surface area (Å²) in [6.45, 7) is 7.19. The van der Waals surface area contributed by atoms with Crippen molar-refractivity contribution in [3.8, 4) is 5.75 Å². The third kappa shape index (κ3) is 2.94. The molecule has 1 aliphatic heterocycles. The first-order chi connectivity index (χ1) is 11.7. The van der Waals surface area contributed by atoms with E-state index >= 15 is 0 Å². The van der Waals surface area contributed by atoms with Crippen LogP contribution in [-0.4, -0.2) is 24.5 Å². The fourth-order valence-electron chi connectivity index (χ4n) is 3.39. The van der Waals surface area contributed by atoms with Gasteiger partial charge in [0.15, 0.2) is 0 Å². The van der Waals surface area contributed by atoms with Crippen LogP contribution in [0.25, 0.3) is 0 Å². The summed E-state index contributed by atoms with van der Waals surface area (Å²) >= 11 is 0. The lowest BCUT2D eigenvalue weighted by atomic mass is 9.95. The summed E-state index contributed by atoms with van der Waals surface area (Å²) in [5, 5.41) is 0. The molecule has 0 radical (unpaired) electrons. The maximum absolute atomic E-state index is 13.0. The molecular weight excluding hydrogens is 298 g/mol. The molecule has 1 aliphatic rings. The van der Waals surface area contributed by atoms with E-state index in [9.17, 15) is 4.79 Å². The molecule has 0 atom stereocenters. The molecule has 124 valence electrons. The van der Waals surface area contributed by atoms with E-state index in [1.165, 1.54) is 5.56 Å². The van der Waals surface area contributed by atoms with E-state index < -0.39 is 0 Å². The van der Waals surface area contributed by atoms with Crippen LogP contribution in [0.5, 0.6) is 5.75 Å². The molecule has 2 aromatic carbocycles. The molecule has 0 N–H and O–H groups in total. The van der Waals surface area contributed by atoms with Crippen molar-refractivity contribution in [3.05, 3.63) is 76.9 Å². The number of benzene rings is 2. The second-order valence-electron chi connectivity index (χ2n) is 6.18. The van der Waals surface area contributed by atoms with E-state index in [0.29, 0.717) is 19.5 Å². The summed E-state index contributed by atoms with van der Waals surface area (Å²) in [6.07, 6.45) is 3.42. The quantitative estimate of drug-likeness (QED) is 0.755. The number of amides is 1. The molecule has 3 nitrogen and oxygen atoms in total. The topological polar surface area (TPSA) is 29.5 Å². The fraction of sp³-hybridized carbons (Fsp3) is 0.286. The van der Waals surface area contributed by atoms with Crippen LogP contribution < -0.4 is 4.74 Å². The predicted molar refractivity (Wildman–Crippen MR) is 96.5 cm³/mol. The van der Waals surface area contributed by atoms with Crippen molar-refractivity contribution in [2.75, 3.05) is 13.7 Å². The third-order valence-electron chi connectivity index (χ3n) is 4.66. The van der Waals surface area contributed by atoms with Crippen LogP contribution in [0.1, 0.15) is 32.6 Å². The summed E-state index contributed by atoms with van der Waals surface area (Å²) < 4.78 is 5.53. The Kier molecular flexibility index (Phi) is 4.70. The van der Waals surface area contributed by atoms with Crippen LogP contribution in [0.15, 0.2) is 49.1 Å². The van der Waals surface area contributed by atoms with Crippen molar-refractivity contribution >= 4 is 5.91 Å². The number of carbonyl (C=O) groups is 1. The molecule has 1 heterocycles. The molecule has 1 amide bonds. The van der Waals surface area contributed by atoms with Crippen LogP contribution in [0.2, 0.25) is 0 Å². The van der Waals surface area contributed by atoms with Gasteiger partial charge in [-0.1, -0.05) is 36.4 Å². The maximum Gasteiger partial charge on any atom is 0.254 e. The highest BCUT2D eigenvalue weighted by Gasteiger charge is 2.32. The van der Waals surface area contributed by atoms with Gasteiger partial charge in [-0.05, 0) is 42.5 Å². The van der Waals surface area contributed by atoms with Crippen molar-refractivity contribution in [1.82, 2.24) is 4.90 Å². The van der Waals surface area contributed by atoms with Crippen molar-refractivity contribution in [3.63, 3.8) is 0 Å². The first kappa shape index (κ1) is 16.3. The molecular formula is C21H23NO2. The first-order valence-corrected chi connectivity index (χ1v) is 8.29. The standard InChI is InChI=1S/C21H23NO2/c1-4-8-17-15(2)13-19(24-3)18-14-22(21(23)20(17)18)12-11-16-9-6-5-7-10-16/h4-7,9-10,13H,1,8,11-12,14H2,2-3H3. The van der Waals surface area contributed by atoms with Gasteiger partial charge < -0.3 is 9.64 Å². The van der Waals surface area contributed by atoms with Gasteiger partial charge in [-0.25, -0.2) is 0 Å². The largest absolute Gasteiger partial charge is 0.496 e. The Morgan fingerprint density at radius 3 is 2.71 bits per heavy atom. The number of carbonyl (C=O) groups excluding carboxylic acids is 1. The normalized spacial score (nSPS) is 13.1. The van der Waals surface area contributed by atoms with Gasteiger partial charge in [0.25, 0.3) is 5.91 Å². The number of methoxy groups -OCH3 is 1. The molecule has 3 rings (SSSR count). The Hall–Kier alpha value is -2.55. The van der Waals surface area contributed by atoms with E-state index in [1.54, 1.807) is 7.11 Å². The Bertz CT molecular complexity index is 765. The van der Waals surface area contributed by atoms with Crippen LogP contribution >= 0.6 is 0 Å². The van der Waals surface area contributed by atoms with Gasteiger partial charge in [0.1, 0.15) is 5.75 Å². The van der Waals surface area contributed by atoms with E-state index in [4.69, 9.17) is 4.74 Å². The molecule has 0 fully saturated rings. The lowest BCUT2D eigenvalue weighted by molar-refractivity contribution is 0.0779. The molecule has 0 bridgehead atoms. The number of hydrogen-bond acceptors (Lipinski definition) is 2. The minimum absolute atomic E-state index is 0.111. The van der Waals surface area contributed by atoms with Crippen LogP contribution in [0, 0.1) is 6.92 Å². The van der Waals surface area contributed by atoms with Crippen molar-refractivity contribution in [2.45, 2.75) is 26.3 Å². The first-order valence-electron chi connectivity index (χ1n) is 8.29. The SMILES string of the molecule is C=CCc1c(C)cc(OC)c2c1C(=O)N(CCc1ccccc1)C2. The highest BCUT2D eigenvalue weighted by molar-refractivity contribution is 6.01. The lowest BCUT2D eigenvalue weighted by Crippen LogP contribution is -2.26. The second kappa shape index (κ2) is 6.91. The fourth-order valence-corrected chi connectivity index (χ4v) is 3.39. The Morgan fingerprint density at radius 2 is 2.04 bits per heavy atom. The number of hydrogen-bond donors (Lipinski definition) is 0. The summed E-state index contributed by atoms with van der Waals surface area (Å²) in [4.78, 5) is 14.9. The summed E-state index contributed by atoms with van der Waals surface area (Å²) in [6, 6.07) is 12.3. The molecule has 3 heteroatoms. The van der Waals surface area contributed by atoms with Gasteiger partial charge in [0.05, 0.1) is 19.2 Å². The predicted octanol–water partition coefficient (Wildman–Crippen LogP) is 3.93. The smallest absolute Gasteiger partial charge is 0.254 e. The van der Waals surface area contributed by atoms with Crippen molar-refractivity contribution < 1.29 is 9.53 Å².